The van der Waals surface area contributed by atoms with Crippen LogP contribution in [0.2, 0.25) is 0 Å². The summed E-state index contributed by atoms with van der Waals surface area (Å²) in [4.78, 5) is 42.5. The van der Waals surface area contributed by atoms with Crippen LogP contribution in [0.1, 0.15) is 51.9 Å². The molecular formula is C18H29N3O3. The van der Waals surface area contributed by atoms with Crippen molar-refractivity contribution in [2.24, 2.45) is 5.92 Å². The fourth-order valence-electron chi connectivity index (χ4n) is 4.37. The van der Waals surface area contributed by atoms with E-state index in [0.717, 1.165) is 38.5 Å². The number of hydrogen-bond acceptors (Lipinski definition) is 3. The van der Waals surface area contributed by atoms with Crippen LogP contribution in [-0.4, -0.2) is 71.2 Å². The molecule has 3 aliphatic rings. The average molecular weight is 335 g/mol. The Morgan fingerprint density at radius 3 is 1.88 bits per heavy atom. The molecule has 3 fully saturated rings. The molecule has 6 heteroatoms. The van der Waals surface area contributed by atoms with E-state index < -0.39 is 0 Å². The van der Waals surface area contributed by atoms with Crippen molar-refractivity contribution in [3.8, 4) is 0 Å². The summed E-state index contributed by atoms with van der Waals surface area (Å²) in [6, 6.07) is -0.289. The van der Waals surface area contributed by atoms with Gasteiger partial charge in [-0.2, -0.15) is 0 Å². The molecule has 1 saturated carbocycles. The van der Waals surface area contributed by atoms with E-state index in [-0.39, 0.29) is 29.7 Å². The maximum Gasteiger partial charge on any atom is 0.245 e. The van der Waals surface area contributed by atoms with Crippen molar-refractivity contribution < 1.29 is 14.4 Å². The maximum absolute atomic E-state index is 12.7. The Morgan fingerprint density at radius 2 is 1.29 bits per heavy atom. The summed E-state index contributed by atoms with van der Waals surface area (Å²) in [5.41, 5.74) is 0. The number of hydrogen-bond donors (Lipinski definition) is 0. The summed E-state index contributed by atoms with van der Waals surface area (Å²) in [6.07, 6.45) is 7.28. The minimum absolute atomic E-state index is 0.0167. The molecule has 1 aliphatic carbocycles. The van der Waals surface area contributed by atoms with Gasteiger partial charge in [-0.15, -0.1) is 0 Å². The second kappa shape index (κ2) is 7.53. The van der Waals surface area contributed by atoms with Crippen molar-refractivity contribution in [3.05, 3.63) is 0 Å². The van der Waals surface area contributed by atoms with Crippen LogP contribution in [0.3, 0.4) is 0 Å². The monoisotopic (exact) mass is 335 g/mol. The number of carbonyl (C=O) groups is 3. The lowest BCUT2D eigenvalue weighted by atomic mass is 9.88. The van der Waals surface area contributed by atoms with Crippen LogP contribution < -0.4 is 0 Å². The van der Waals surface area contributed by atoms with Crippen LogP contribution in [0, 0.1) is 5.92 Å². The standard InChI is InChI=1S/C18H29N3O3/c1-14(22)21-9-5-8-16(21)18(24)20-12-10-19(11-13-20)17(23)15-6-3-2-4-7-15/h15-16H,2-13H2,1H3. The molecule has 3 amide bonds. The van der Waals surface area contributed by atoms with Crippen molar-refractivity contribution in [1.29, 1.82) is 0 Å². The number of nitrogens with zero attached hydrogens (tertiary/aromatic N) is 3. The highest BCUT2D eigenvalue weighted by molar-refractivity contribution is 5.88. The summed E-state index contributed by atoms with van der Waals surface area (Å²) in [5, 5.41) is 0. The third kappa shape index (κ3) is 3.57. The zero-order chi connectivity index (χ0) is 17.1. The summed E-state index contributed by atoms with van der Waals surface area (Å²) in [7, 11) is 0. The Morgan fingerprint density at radius 1 is 0.708 bits per heavy atom. The van der Waals surface area contributed by atoms with Gasteiger partial charge in [0.15, 0.2) is 0 Å². The molecule has 0 aromatic carbocycles. The Bertz CT molecular complexity index is 494. The highest BCUT2D eigenvalue weighted by Gasteiger charge is 2.37. The van der Waals surface area contributed by atoms with Crippen LogP contribution in [0.5, 0.6) is 0 Å². The normalized spacial score (nSPS) is 25.9. The van der Waals surface area contributed by atoms with E-state index in [9.17, 15) is 14.4 Å². The molecule has 0 aromatic heterocycles. The van der Waals surface area contributed by atoms with Gasteiger partial charge < -0.3 is 14.7 Å². The Hall–Kier alpha value is -1.59. The van der Waals surface area contributed by atoms with Gasteiger partial charge in [-0.25, -0.2) is 0 Å². The second-order valence-electron chi connectivity index (χ2n) is 7.36. The van der Waals surface area contributed by atoms with Gasteiger partial charge in [0.05, 0.1) is 0 Å². The zero-order valence-corrected chi connectivity index (χ0v) is 14.7. The third-order valence-electron chi connectivity index (χ3n) is 5.80. The lowest BCUT2D eigenvalue weighted by Crippen LogP contribution is -2.56. The summed E-state index contributed by atoms with van der Waals surface area (Å²) in [6.45, 7) is 4.68. The topological polar surface area (TPSA) is 60.9 Å². The predicted octanol–water partition coefficient (Wildman–Crippen LogP) is 1.25. The van der Waals surface area contributed by atoms with Gasteiger partial charge in [0.25, 0.3) is 0 Å². The first kappa shape index (κ1) is 17.2. The lowest BCUT2D eigenvalue weighted by molar-refractivity contribution is -0.147. The summed E-state index contributed by atoms with van der Waals surface area (Å²) >= 11 is 0. The van der Waals surface area contributed by atoms with Gasteiger partial charge in [0, 0.05) is 45.6 Å². The number of rotatable bonds is 2. The van der Waals surface area contributed by atoms with Crippen molar-refractivity contribution >= 4 is 17.7 Å². The van der Waals surface area contributed by atoms with Crippen molar-refractivity contribution in [3.63, 3.8) is 0 Å². The van der Waals surface area contributed by atoms with Crippen LogP contribution in [-0.2, 0) is 14.4 Å². The molecule has 2 saturated heterocycles. The van der Waals surface area contributed by atoms with Crippen LogP contribution in [0.25, 0.3) is 0 Å². The van der Waals surface area contributed by atoms with Crippen molar-refractivity contribution in [2.75, 3.05) is 32.7 Å². The van der Waals surface area contributed by atoms with Gasteiger partial charge in [-0.1, -0.05) is 19.3 Å². The Balaban J connectivity index is 1.52. The van der Waals surface area contributed by atoms with Gasteiger partial charge in [0.2, 0.25) is 17.7 Å². The zero-order valence-electron chi connectivity index (χ0n) is 14.7. The first-order valence-corrected chi connectivity index (χ1v) is 9.42. The smallest absolute Gasteiger partial charge is 0.245 e. The minimum Gasteiger partial charge on any atom is -0.339 e. The van der Waals surface area contributed by atoms with E-state index in [2.05, 4.69) is 0 Å². The van der Waals surface area contributed by atoms with E-state index >= 15 is 0 Å². The fourth-order valence-corrected chi connectivity index (χ4v) is 4.37. The van der Waals surface area contributed by atoms with Crippen LogP contribution >= 0.6 is 0 Å². The Labute approximate surface area is 144 Å². The fraction of sp³-hybridized carbons (Fsp3) is 0.833. The minimum atomic E-state index is -0.289. The van der Waals surface area contributed by atoms with E-state index in [1.807, 2.05) is 9.80 Å². The average Bonchev–Trinajstić information content (AvgIpc) is 3.11. The molecule has 0 bridgehead atoms. The molecule has 134 valence electrons. The molecule has 0 N–H and O–H groups in total. The Kier molecular flexibility index (Phi) is 5.41. The first-order chi connectivity index (χ1) is 11.6. The number of amides is 3. The molecule has 0 radical (unpaired) electrons. The van der Waals surface area contributed by atoms with Crippen LogP contribution in [0.4, 0.5) is 0 Å². The van der Waals surface area contributed by atoms with Crippen molar-refractivity contribution in [2.45, 2.75) is 57.9 Å². The highest BCUT2D eigenvalue weighted by atomic mass is 16.2. The van der Waals surface area contributed by atoms with Crippen molar-refractivity contribution in [1.82, 2.24) is 14.7 Å². The number of piperazine rings is 1. The molecule has 0 spiro atoms. The second-order valence-corrected chi connectivity index (χ2v) is 7.36. The van der Waals surface area contributed by atoms with Gasteiger partial charge >= 0.3 is 0 Å². The van der Waals surface area contributed by atoms with Gasteiger partial charge in [-0.05, 0) is 25.7 Å². The third-order valence-corrected chi connectivity index (χ3v) is 5.80. The molecule has 2 heterocycles. The quantitative estimate of drug-likeness (QED) is 0.763. The first-order valence-electron chi connectivity index (χ1n) is 9.42. The lowest BCUT2D eigenvalue weighted by Gasteiger charge is -2.38. The summed E-state index contributed by atoms with van der Waals surface area (Å²) in [5.74, 6) is 0.529. The largest absolute Gasteiger partial charge is 0.339 e. The molecule has 0 aromatic rings. The van der Waals surface area contributed by atoms with E-state index in [4.69, 9.17) is 0 Å². The van der Waals surface area contributed by atoms with E-state index in [0.29, 0.717) is 32.7 Å². The molecule has 2 aliphatic heterocycles. The number of carbonyl (C=O) groups excluding carboxylic acids is 3. The molecule has 6 nitrogen and oxygen atoms in total. The molecule has 3 rings (SSSR count). The summed E-state index contributed by atoms with van der Waals surface area (Å²) < 4.78 is 0. The molecule has 24 heavy (non-hydrogen) atoms. The van der Waals surface area contributed by atoms with Gasteiger partial charge in [0.1, 0.15) is 6.04 Å². The van der Waals surface area contributed by atoms with Gasteiger partial charge in [-0.3, -0.25) is 14.4 Å². The molecule has 1 unspecified atom stereocenters. The highest BCUT2D eigenvalue weighted by Crippen LogP contribution is 2.26. The predicted molar refractivity (Wildman–Crippen MR) is 90.1 cm³/mol. The van der Waals surface area contributed by atoms with E-state index in [1.54, 1.807) is 4.90 Å². The van der Waals surface area contributed by atoms with Crippen LogP contribution in [0.15, 0.2) is 0 Å². The van der Waals surface area contributed by atoms with E-state index in [1.165, 1.54) is 13.3 Å². The number of likely N-dealkylation sites (tertiary alicyclic amines) is 1. The molecule has 1 atom stereocenters. The molecular weight excluding hydrogens is 306 g/mol. The SMILES string of the molecule is CC(=O)N1CCCC1C(=O)N1CCN(C(=O)C2CCCCC2)CC1. The maximum atomic E-state index is 12.7.